The van der Waals surface area contributed by atoms with Gasteiger partial charge in [0.2, 0.25) is 0 Å². The van der Waals surface area contributed by atoms with Gasteiger partial charge in [0.05, 0.1) is 11.0 Å². The minimum Gasteiger partial charge on any atom is -0.316 e. The lowest BCUT2D eigenvalue weighted by Crippen LogP contribution is -2.47. The smallest absolute Gasteiger partial charge is 0.158 e. The molecular weight excluding hydrogens is 282 g/mol. The maximum Gasteiger partial charge on any atom is 0.158 e. The topological polar surface area (TPSA) is 46.2 Å². The Bertz CT molecular complexity index is 527. The van der Waals surface area contributed by atoms with Crippen LogP contribution in [0, 0.1) is 5.92 Å². The van der Waals surface area contributed by atoms with E-state index < -0.39 is 9.84 Å². The molecule has 1 N–H and O–H groups in total. The molecule has 0 saturated heterocycles. The molecule has 1 aliphatic carbocycles. The van der Waals surface area contributed by atoms with E-state index in [1.165, 1.54) is 0 Å². The van der Waals surface area contributed by atoms with Crippen LogP contribution in [-0.4, -0.2) is 26.8 Å². The summed E-state index contributed by atoms with van der Waals surface area (Å²) in [5.41, 5.74) is 0.893. The second-order valence-corrected chi connectivity index (χ2v) is 8.41. The molecular formula is C17H27NO2S. The van der Waals surface area contributed by atoms with Crippen LogP contribution in [0.25, 0.3) is 0 Å². The van der Waals surface area contributed by atoms with Crippen molar-refractivity contribution in [3.8, 4) is 0 Å². The van der Waals surface area contributed by atoms with E-state index in [4.69, 9.17) is 0 Å². The molecule has 0 spiro atoms. The van der Waals surface area contributed by atoms with Crippen LogP contribution in [-0.2, 0) is 15.6 Å². The minimum absolute atomic E-state index is 0.104. The van der Waals surface area contributed by atoms with Crippen molar-refractivity contribution >= 4 is 9.84 Å². The van der Waals surface area contributed by atoms with E-state index in [-0.39, 0.29) is 17.0 Å². The molecule has 1 aromatic carbocycles. The lowest BCUT2D eigenvalue weighted by Gasteiger charge is -2.35. The van der Waals surface area contributed by atoms with Crippen LogP contribution >= 0.6 is 0 Å². The van der Waals surface area contributed by atoms with E-state index in [1.54, 1.807) is 0 Å². The summed E-state index contributed by atoms with van der Waals surface area (Å²) < 4.78 is 25.7. The van der Waals surface area contributed by atoms with Gasteiger partial charge in [0.1, 0.15) is 0 Å². The zero-order valence-electron chi connectivity index (χ0n) is 13.1. The fraction of sp³-hybridized carbons (Fsp3) is 0.647. The molecule has 21 heavy (non-hydrogen) atoms. The maximum atomic E-state index is 12.8. The first-order chi connectivity index (χ1) is 10.1. The molecule has 0 aromatic heterocycles. The molecule has 0 heterocycles. The second kappa shape index (κ2) is 7.41. The zero-order chi connectivity index (χ0) is 15.3. The van der Waals surface area contributed by atoms with E-state index in [1.807, 2.05) is 37.4 Å². The monoisotopic (exact) mass is 309 g/mol. The molecule has 0 aliphatic heterocycles. The highest BCUT2D eigenvalue weighted by molar-refractivity contribution is 7.91. The molecule has 3 unspecified atom stereocenters. The molecule has 1 aliphatic rings. The number of rotatable bonds is 6. The van der Waals surface area contributed by atoms with Gasteiger partial charge >= 0.3 is 0 Å². The molecule has 3 nitrogen and oxygen atoms in total. The normalized spacial score (nSPS) is 26.7. The van der Waals surface area contributed by atoms with Crippen LogP contribution in [0.4, 0.5) is 0 Å². The van der Waals surface area contributed by atoms with Crippen molar-refractivity contribution in [2.24, 2.45) is 5.92 Å². The molecule has 4 heteroatoms. The van der Waals surface area contributed by atoms with Crippen molar-refractivity contribution in [2.45, 2.75) is 56.1 Å². The van der Waals surface area contributed by atoms with Gasteiger partial charge < -0.3 is 5.32 Å². The average molecular weight is 309 g/mol. The number of nitrogens with one attached hydrogen (secondary N) is 1. The van der Waals surface area contributed by atoms with Crippen molar-refractivity contribution < 1.29 is 8.42 Å². The summed E-state index contributed by atoms with van der Waals surface area (Å²) >= 11 is 0. The highest BCUT2D eigenvalue weighted by Gasteiger charge is 2.37. The summed E-state index contributed by atoms with van der Waals surface area (Å²) in [7, 11) is -1.23. The first-order valence-electron chi connectivity index (χ1n) is 7.99. The Labute approximate surface area is 129 Å². The molecule has 0 amide bonds. The van der Waals surface area contributed by atoms with Gasteiger partial charge in [0.25, 0.3) is 0 Å². The van der Waals surface area contributed by atoms with Gasteiger partial charge in [0.15, 0.2) is 9.84 Å². The third-order valence-electron chi connectivity index (χ3n) is 4.64. The first kappa shape index (κ1) is 16.5. The fourth-order valence-electron chi connectivity index (χ4n) is 3.52. The van der Waals surface area contributed by atoms with Gasteiger partial charge in [-0.3, -0.25) is 0 Å². The molecule has 3 atom stereocenters. The quantitative estimate of drug-likeness (QED) is 0.878. The van der Waals surface area contributed by atoms with E-state index in [9.17, 15) is 8.42 Å². The Morgan fingerprint density at radius 1 is 1.19 bits per heavy atom. The molecule has 0 bridgehead atoms. The molecule has 2 rings (SSSR count). The largest absolute Gasteiger partial charge is 0.316 e. The lowest BCUT2D eigenvalue weighted by atomic mass is 9.83. The van der Waals surface area contributed by atoms with Crippen LogP contribution in [0.3, 0.4) is 0 Å². The number of benzene rings is 1. The zero-order valence-corrected chi connectivity index (χ0v) is 13.9. The fourth-order valence-corrected chi connectivity index (χ4v) is 5.73. The van der Waals surface area contributed by atoms with Gasteiger partial charge in [0, 0.05) is 6.04 Å². The Morgan fingerprint density at radius 3 is 2.52 bits per heavy atom. The van der Waals surface area contributed by atoms with Gasteiger partial charge in [-0.05, 0) is 37.8 Å². The Hall–Kier alpha value is -0.870. The highest BCUT2D eigenvalue weighted by atomic mass is 32.2. The maximum absolute atomic E-state index is 12.8. The van der Waals surface area contributed by atoms with Crippen molar-refractivity contribution in [2.75, 3.05) is 7.05 Å². The third-order valence-corrected chi connectivity index (χ3v) is 6.82. The number of hydrogen-bond donors (Lipinski definition) is 1. The molecule has 1 fully saturated rings. The van der Waals surface area contributed by atoms with Crippen molar-refractivity contribution in [1.82, 2.24) is 5.32 Å². The number of sulfone groups is 1. The van der Waals surface area contributed by atoms with Gasteiger partial charge in [-0.1, -0.05) is 50.1 Å². The van der Waals surface area contributed by atoms with E-state index in [0.717, 1.165) is 37.7 Å². The predicted molar refractivity (Wildman–Crippen MR) is 88.0 cm³/mol. The molecule has 118 valence electrons. The summed E-state index contributed by atoms with van der Waals surface area (Å²) in [5.74, 6) is 0.727. The Morgan fingerprint density at radius 2 is 1.90 bits per heavy atom. The van der Waals surface area contributed by atoms with E-state index in [2.05, 4.69) is 12.2 Å². The summed E-state index contributed by atoms with van der Waals surface area (Å²) in [6.07, 6.45) is 5.22. The van der Waals surface area contributed by atoms with Crippen LogP contribution < -0.4 is 5.32 Å². The van der Waals surface area contributed by atoms with Crippen molar-refractivity contribution in [3.63, 3.8) is 0 Å². The van der Waals surface area contributed by atoms with E-state index >= 15 is 0 Å². The lowest BCUT2D eigenvalue weighted by molar-refractivity contribution is 0.288. The molecule has 1 aromatic rings. The van der Waals surface area contributed by atoms with Crippen LogP contribution in [0.2, 0.25) is 0 Å². The van der Waals surface area contributed by atoms with Crippen molar-refractivity contribution in [1.29, 1.82) is 0 Å². The predicted octanol–water partition coefficient (Wildman–Crippen LogP) is 3.16. The summed E-state index contributed by atoms with van der Waals surface area (Å²) in [6, 6.07) is 9.63. The van der Waals surface area contributed by atoms with Crippen molar-refractivity contribution in [3.05, 3.63) is 35.9 Å². The molecule has 0 radical (unpaired) electrons. The standard InChI is InChI=1S/C17H27NO2S/c1-3-7-14-10-11-16(18-2)17(12-14)21(19,20)13-15-8-5-4-6-9-15/h4-6,8-9,14,16-18H,3,7,10-13H2,1-2H3. The minimum atomic E-state index is -3.11. The number of hydrogen-bond acceptors (Lipinski definition) is 3. The Balaban J connectivity index is 2.14. The first-order valence-corrected chi connectivity index (χ1v) is 9.71. The van der Waals surface area contributed by atoms with Crippen LogP contribution in [0.5, 0.6) is 0 Å². The Kier molecular flexibility index (Phi) is 5.82. The summed E-state index contributed by atoms with van der Waals surface area (Å²) in [6.45, 7) is 2.18. The second-order valence-electron chi connectivity index (χ2n) is 6.19. The van der Waals surface area contributed by atoms with Gasteiger partial charge in [-0.2, -0.15) is 0 Å². The summed E-state index contributed by atoms with van der Waals surface area (Å²) in [4.78, 5) is 0. The average Bonchev–Trinajstić information content (AvgIpc) is 2.48. The van der Waals surface area contributed by atoms with Crippen LogP contribution in [0.1, 0.15) is 44.6 Å². The van der Waals surface area contributed by atoms with Gasteiger partial charge in [-0.25, -0.2) is 8.42 Å². The van der Waals surface area contributed by atoms with Gasteiger partial charge in [-0.15, -0.1) is 0 Å². The highest BCUT2D eigenvalue weighted by Crippen LogP contribution is 2.33. The SMILES string of the molecule is CCCC1CCC(NC)C(S(=O)(=O)Cc2ccccc2)C1. The summed E-state index contributed by atoms with van der Waals surface area (Å²) in [5, 5.41) is 2.99. The van der Waals surface area contributed by atoms with E-state index in [0.29, 0.717) is 5.92 Å². The molecule has 1 saturated carbocycles. The van der Waals surface area contributed by atoms with Crippen LogP contribution in [0.15, 0.2) is 30.3 Å². The third kappa shape index (κ3) is 4.30.